The number of aryl methyl sites for hydroxylation is 1. The zero-order valence-electron chi connectivity index (χ0n) is 9.08. The van der Waals surface area contributed by atoms with Crippen LogP contribution in [0.3, 0.4) is 0 Å². The maximum Gasteiger partial charge on any atom is 0.251 e. The highest BCUT2D eigenvalue weighted by molar-refractivity contribution is 5.40. The molecule has 0 saturated carbocycles. The second-order valence-corrected chi connectivity index (χ2v) is 4.08. The van der Waals surface area contributed by atoms with Gasteiger partial charge in [0.15, 0.2) is 0 Å². The van der Waals surface area contributed by atoms with Crippen molar-refractivity contribution >= 4 is 11.8 Å². The van der Waals surface area contributed by atoms with Gasteiger partial charge in [-0.15, -0.1) is 0 Å². The summed E-state index contributed by atoms with van der Waals surface area (Å²) < 4.78 is 25.9. The Labute approximate surface area is 92.5 Å². The van der Waals surface area contributed by atoms with E-state index in [0.717, 1.165) is 5.69 Å². The first-order valence-corrected chi connectivity index (χ1v) is 5.20. The number of aromatic nitrogens is 2. The molecular weight excluding hydrogens is 214 g/mol. The minimum Gasteiger partial charge on any atom is -0.384 e. The Hall–Kier alpha value is -1.46. The lowest BCUT2D eigenvalue weighted by Gasteiger charge is -2.31. The van der Waals surface area contributed by atoms with Gasteiger partial charge < -0.3 is 10.6 Å². The monoisotopic (exact) mass is 228 g/mol. The van der Waals surface area contributed by atoms with E-state index < -0.39 is 5.92 Å². The predicted molar refractivity (Wildman–Crippen MR) is 57.6 cm³/mol. The summed E-state index contributed by atoms with van der Waals surface area (Å²) >= 11 is 0. The van der Waals surface area contributed by atoms with Crippen LogP contribution in [0, 0.1) is 6.92 Å². The molecule has 1 aromatic heterocycles. The van der Waals surface area contributed by atoms with Gasteiger partial charge in [0.25, 0.3) is 5.92 Å². The maximum absolute atomic E-state index is 13.0. The molecule has 1 aliphatic heterocycles. The molecule has 4 nitrogen and oxygen atoms in total. The van der Waals surface area contributed by atoms with Crippen LogP contribution < -0.4 is 10.6 Å². The third-order valence-electron chi connectivity index (χ3n) is 2.64. The minimum atomic E-state index is -2.55. The van der Waals surface area contributed by atoms with Gasteiger partial charge in [-0.25, -0.2) is 13.8 Å². The average Bonchev–Trinajstić information content (AvgIpc) is 2.15. The van der Waals surface area contributed by atoms with Crippen molar-refractivity contribution in [2.75, 3.05) is 23.7 Å². The number of nitrogens with two attached hydrogens (primary N) is 1. The van der Waals surface area contributed by atoms with Crippen LogP contribution >= 0.6 is 0 Å². The number of nitrogens with zero attached hydrogens (tertiary/aromatic N) is 3. The Bertz CT molecular complexity index is 364. The Balaban J connectivity index is 2.14. The van der Waals surface area contributed by atoms with Crippen molar-refractivity contribution in [3.05, 3.63) is 11.8 Å². The summed E-state index contributed by atoms with van der Waals surface area (Å²) in [5.74, 6) is -1.72. The molecule has 0 aromatic carbocycles. The highest BCUT2D eigenvalue weighted by atomic mass is 19.3. The third-order valence-corrected chi connectivity index (χ3v) is 2.64. The molecule has 0 radical (unpaired) electrons. The van der Waals surface area contributed by atoms with Gasteiger partial charge in [0.05, 0.1) is 0 Å². The smallest absolute Gasteiger partial charge is 0.251 e. The summed E-state index contributed by atoms with van der Waals surface area (Å²) in [7, 11) is 0. The maximum atomic E-state index is 13.0. The Morgan fingerprint density at radius 1 is 1.31 bits per heavy atom. The molecule has 0 atom stereocenters. The van der Waals surface area contributed by atoms with Gasteiger partial charge in [-0.05, 0) is 6.92 Å². The molecule has 6 heteroatoms. The summed E-state index contributed by atoms with van der Waals surface area (Å²) in [6, 6.07) is 1.65. The fourth-order valence-corrected chi connectivity index (χ4v) is 1.75. The van der Waals surface area contributed by atoms with E-state index in [9.17, 15) is 8.78 Å². The standard InChI is InChI=1S/C10H14F2N4/c1-7-6-8(13)15-9(14-7)16-4-2-10(11,12)3-5-16/h6H,2-5H2,1H3,(H2,13,14,15). The Morgan fingerprint density at radius 2 is 1.94 bits per heavy atom. The van der Waals surface area contributed by atoms with E-state index >= 15 is 0 Å². The minimum absolute atomic E-state index is 0.149. The molecule has 1 aliphatic rings. The summed E-state index contributed by atoms with van der Waals surface area (Å²) in [4.78, 5) is 10.00. The average molecular weight is 228 g/mol. The highest BCUT2D eigenvalue weighted by Crippen LogP contribution is 2.29. The predicted octanol–water partition coefficient (Wildman–Crippen LogP) is 1.60. The number of nitrogen functional groups attached to an aromatic ring is 1. The lowest BCUT2D eigenvalue weighted by Crippen LogP contribution is -2.40. The fraction of sp³-hybridized carbons (Fsp3) is 0.600. The molecule has 0 unspecified atom stereocenters. The number of halogens is 2. The number of alkyl halides is 2. The van der Waals surface area contributed by atoms with E-state index in [0.29, 0.717) is 11.8 Å². The van der Waals surface area contributed by atoms with Crippen LogP contribution in [0.25, 0.3) is 0 Å². The topological polar surface area (TPSA) is 55.0 Å². The quantitative estimate of drug-likeness (QED) is 0.793. The van der Waals surface area contributed by atoms with Crippen LogP contribution in [0.5, 0.6) is 0 Å². The lowest BCUT2D eigenvalue weighted by molar-refractivity contribution is -0.0222. The van der Waals surface area contributed by atoms with E-state index in [4.69, 9.17) is 5.73 Å². The van der Waals surface area contributed by atoms with Crippen LogP contribution in [0.1, 0.15) is 18.5 Å². The second-order valence-electron chi connectivity index (χ2n) is 4.08. The number of hydrogen-bond donors (Lipinski definition) is 1. The number of hydrogen-bond acceptors (Lipinski definition) is 4. The van der Waals surface area contributed by atoms with E-state index in [1.54, 1.807) is 17.9 Å². The molecule has 1 aromatic rings. The van der Waals surface area contributed by atoms with E-state index in [1.165, 1.54) is 0 Å². The van der Waals surface area contributed by atoms with Gasteiger partial charge in [0.2, 0.25) is 5.95 Å². The summed E-state index contributed by atoms with van der Waals surface area (Å²) in [6.07, 6.45) is -0.297. The van der Waals surface area contributed by atoms with Gasteiger partial charge in [0.1, 0.15) is 5.82 Å². The Morgan fingerprint density at radius 3 is 2.50 bits per heavy atom. The Kier molecular flexibility index (Phi) is 2.65. The van der Waals surface area contributed by atoms with Crippen molar-refractivity contribution in [1.29, 1.82) is 0 Å². The van der Waals surface area contributed by atoms with Crippen molar-refractivity contribution in [2.24, 2.45) is 0 Å². The van der Waals surface area contributed by atoms with Gasteiger partial charge in [-0.3, -0.25) is 0 Å². The molecule has 2 heterocycles. The van der Waals surface area contributed by atoms with Crippen LogP contribution in [0.2, 0.25) is 0 Å². The molecule has 0 bridgehead atoms. The molecular formula is C10H14F2N4. The van der Waals surface area contributed by atoms with E-state index in [-0.39, 0.29) is 25.9 Å². The first-order chi connectivity index (χ1) is 7.46. The second kappa shape index (κ2) is 3.84. The number of anilines is 2. The summed E-state index contributed by atoms with van der Waals surface area (Å²) in [6.45, 7) is 2.35. The van der Waals surface area contributed by atoms with Crippen LogP contribution in [-0.4, -0.2) is 29.0 Å². The highest BCUT2D eigenvalue weighted by Gasteiger charge is 2.34. The lowest BCUT2D eigenvalue weighted by atomic mass is 10.1. The van der Waals surface area contributed by atoms with Crippen LogP contribution in [0.4, 0.5) is 20.5 Å². The van der Waals surface area contributed by atoms with E-state index in [1.807, 2.05) is 0 Å². The van der Waals surface area contributed by atoms with Crippen molar-refractivity contribution < 1.29 is 8.78 Å². The van der Waals surface area contributed by atoms with Crippen LogP contribution in [0.15, 0.2) is 6.07 Å². The molecule has 0 aliphatic carbocycles. The van der Waals surface area contributed by atoms with Gasteiger partial charge in [-0.2, -0.15) is 4.98 Å². The SMILES string of the molecule is Cc1cc(N)nc(N2CCC(F)(F)CC2)n1. The molecule has 2 rings (SSSR count). The largest absolute Gasteiger partial charge is 0.384 e. The number of piperidine rings is 1. The summed E-state index contributed by atoms with van der Waals surface area (Å²) in [5, 5.41) is 0. The molecule has 2 N–H and O–H groups in total. The zero-order valence-corrected chi connectivity index (χ0v) is 9.08. The van der Waals surface area contributed by atoms with Crippen molar-refractivity contribution in [2.45, 2.75) is 25.7 Å². The molecule has 88 valence electrons. The van der Waals surface area contributed by atoms with Crippen LogP contribution in [-0.2, 0) is 0 Å². The molecule has 1 saturated heterocycles. The first-order valence-electron chi connectivity index (χ1n) is 5.20. The third kappa shape index (κ3) is 2.37. The first kappa shape index (κ1) is 11.0. The molecule has 1 fully saturated rings. The van der Waals surface area contributed by atoms with Gasteiger partial charge >= 0.3 is 0 Å². The zero-order chi connectivity index (χ0) is 11.8. The van der Waals surface area contributed by atoms with E-state index in [2.05, 4.69) is 9.97 Å². The van der Waals surface area contributed by atoms with Crippen molar-refractivity contribution in [3.63, 3.8) is 0 Å². The molecule has 16 heavy (non-hydrogen) atoms. The van der Waals surface area contributed by atoms with Gasteiger partial charge in [0, 0.05) is 37.7 Å². The fourth-order valence-electron chi connectivity index (χ4n) is 1.75. The normalized spacial score (nSPS) is 19.8. The molecule has 0 amide bonds. The van der Waals surface area contributed by atoms with Crippen molar-refractivity contribution in [3.8, 4) is 0 Å². The van der Waals surface area contributed by atoms with Crippen molar-refractivity contribution in [1.82, 2.24) is 9.97 Å². The molecule has 0 spiro atoms. The summed E-state index contributed by atoms with van der Waals surface area (Å²) in [5.41, 5.74) is 6.34. The number of rotatable bonds is 1. The van der Waals surface area contributed by atoms with Gasteiger partial charge in [-0.1, -0.05) is 0 Å².